The van der Waals surface area contributed by atoms with Crippen molar-refractivity contribution in [3.63, 3.8) is 0 Å². The standard InChI is InChI=1S/C7H14O/c1-5-3-4-7(8)6(5)2/h5-8H,3-4H2,1-2H3/t5?,6-,7+/m0/s1. The van der Waals surface area contributed by atoms with Gasteiger partial charge in [0, 0.05) is 0 Å². The van der Waals surface area contributed by atoms with Crippen LogP contribution in [0.25, 0.3) is 0 Å². The van der Waals surface area contributed by atoms with Crippen LogP contribution in [-0.4, -0.2) is 11.2 Å². The van der Waals surface area contributed by atoms with Crippen LogP contribution in [0.1, 0.15) is 26.7 Å². The molecule has 1 heteroatoms. The number of hydrogen-bond donors (Lipinski definition) is 1. The van der Waals surface area contributed by atoms with E-state index in [1.165, 1.54) is 6.42 Å². The summed E-state index contributed by atoms with van der Waals surface area (Å²) in [5.74, 6) is 1.28. The summed E-state index contributed by atoms with van der Waals surface area (Å²) in [7, 11) is 0. The first-order chi connectivity index (χ1) is 3.72. The summed E-state index contributed by atoms with van der Waals surface area (Å²) in [6.07, 6.45) is 2.22. The van der Waals surface area contributed by atoms with E-state index in [9.17, 15) is 0 Å². The number of hydrogen-bond acceptors (Lipinski definition) is 1. The van der Waals surface area contributed by atoms with Gasteiger partial charge in [0.15, 0.2) is 0 Å². The van der Waals surface area contributed by atoms with E-state index in [2.05, 4.69) is 13.8 Å². The molecule has 1 rings (SSSR count). The molecule has 0 heterocycles. The van der Waals surface area contributed by atoms with Crippen molar-refractivity contribution in [2.75, 3.05) is 0 Å². The van der Waals surface area contributed by atoms with E-state index in [4.69, 9.17) is 5.11 Å². The Morgan fingerprint density at radius 2 is 1.88 bits per heavy atom. The molecule has 0 aromatic carbocycles. The molecule has 1 unspecified atom stereocenters. The van der Waals surface area contributed by atoms with Gasteiger partial charge in [0.2, 0.25) is 0 Å². The number of rotatable bonds is 0. The van der Waals surface area contributed by atoms with E-state index in [1.54, 1.807) is 0 Å². The highest BCUT2D eigenvalue weighted by Crippen LogP contribution is 2.30. The molecule has 1 aliphatic rings. The Kier molecular flexibility index (Phi) is 1.57. The van der Waals surface area contributed by atoms with Gasteiger partial charge in [-0.1, -0.05) is 13.8 Å². The molecule has 0 amide bonds. The van der Waals surface area contributed by atoms with Gasteiger partial charge in [-0.05, 0) is 24.7 Å². The van der Waals surface area contributed by atoms with Gasteiger partial charge in [-0.2, -0.15) is 0 Å². The predicted molar refractivity (Wildman–Crippen MR) is 33.6 cm³/mol. The zero-order valence-electron chi connectivity index (χ0n) is 5.59. The Balaban J connectivity index is 2.44. The van der Waals surface area contributed by atoms with Crippen LogP contribution in [0.5, 0.6) is 0 Å². The lowest BCUT2D eigenvalue weighted by molar-refractivity contribution is 0.130. The van der Waals surface area contributed by atoms with Gasteiger partial charge < -0.3 is 5.11 Å². The Bertz CT molecular complexity index is 70.5. The average molecular weight is 114 g/mol. The van der Waals surface area contributed by atoms with Crippen molar-refractivity contribution in [3.05, 3.63) is 0 Å². The molecule has 0 radical (unpaired) electrons. The maximum Gasteiger partial charge on any atom is 0.0568 e. The highest BCUT2D eigenvalue weighted by Gasteiger charge is 2.27. The van der Waals surface area contributed by atoms with Crippen molar-refractivity contribution in [2.45, 2.75) is 32.8 Å². The summed E-state index contributed by atoms with van der Waals surface area (Å²) in [5.41, 5.74) is 0. The predicted octanol–water partition coefficient (Wildman–Crippen LogP) is 1.41. The zero-order valence-corrected chi connectivity index (χ0v) is 5.59. The van der Waals surface area contributed by atoms with Gasteiger partial charge in [-0.25, -0.2) is 0 Å². The molecule has 1 fully saturated rings. The van der Waals surface area contributed by atoms with E-state index in [0.717, 1.165) is 12.3 Å². The van der Waals surface area contributed by atoms with Crippen molar-refractivity contribution in [1.29, 1.82) is 0 Å². The second kappa shape index (κ2) is 2.06. The number of aliphatic hydroxyl groups is 1. The smallest absolute Gasteiger partial charge is 0.0568 e. The fourth-order valence-electron chi connectivity index (χ4n) is 1.34. The Labute approximate surface area is 50.7 Å². The van der Waals surface area contributed by atoms with Crippen LogP contribution in [0.15, 0.2) is 0 Å². The SMILES string of the molecule is CC1CC[C@@H](O)[C@H]1C. The molecular formula is C7H14O. The van der Waals surface area contributed by atoms with E-state index < -0.39 is 0 Å². The molecule has 1 aliphatic carbocycles. The maximum absolute atomic E-state index is 9.17. The molecule has 0 aromatic heterocycles. The average Bonchev–Trinajstić information content (AvgIpc) is 1.98. The summed E-state index contributed by atoms with van der Waals surface area (Å²) in [5, 5.41) is 9.17. The topological polar surface area (TPSA) is 20.2 Å². The molecule has 48 valence electrons. The molecule has 0 spiro atoms. The van der Waals surface area contributed by atoms with Gasteiger partial charge in [0.05, 0.1) is 6.10 Å². The van der Waals surface area contributed by atoms with Gasteiger partial charge in [-0.3, -0.25) is 0 Å². The third kappa shape index (κ3) is 0.873. The lowest BCUT2D eigenvalue weighted by Crippen LogP contribution is -2.12. The first kappa shape index (κ1) is 6.09. The molecule has 1 nitrogen and oxygen atoms in total. The minimum Gasteiger partial charge on any atom is -0.393 e. The van der Waals surface area contributed by atoms with Crippen LogP contribution in [0.2, 0.25) is 0 Å². The zero-order chi connectivity index (χ0) is 6.15. The molecule has 0 saturated heterocycles. The molecule has 3 atom stereocenters. The molecule has 0 aromatic rings. The fraction of sp³-hybridized carbons (Fsp3) is 1.00. The molecule has 0 aliphatic heterocycles. The summed E-state index contributed by atoms with van der Waals surface area (Å²) in [6, 6.07) is 0. The Morgan fingerprint density at radius 3 is 2.00 bits per heavy atom. The second-order valence-electron chi connectivity index (χ2n) is 2.98. The van der Waals surface area contributed by atoms with Crippen LogP contribution in [0.3, 0.4) is 0 Å². The molecule has 0 bridgehead atoms. The van der Waals surface area contributed by atoms with Gasteiger partial charge in [0.25, 0.3) is 0 Å². The third-order valence-corrected chi connectivity index (χ3v) is 2.42. The van der Waals surface area contributed by atoms with Crippen LogP contribution in [-0.2, 0) is 0 Å². The van der Waals surface area contributed by atoms with Crippen molar-refractivity contribution in [2.24, 2.45) is 11.8 Å². The molecule has 8 heavy (non-hydrogen) atoms. The maximum atomic E-state index is 9.17. The first-order valence-corrected chi connectivity index (χ1v) is 3.40. The summed E-state index contributed by atoms with van der Waals surface area (Å²) in [6.45, 7) is 4.34. The lowest BCUT2D eigenvalue weighted by Gasteiger charge is -2.10. The summed E-state index contributed by atoms with van der Waals surface area (Å²) < 4.78 is 0. The first-order valence-electron chi connectivity index (χ1n) is 3.40. The van der Waals surface area contributed by atoms with Crippen molar-refractivity contribution in [3.8, 4) is 0 Å². The van der Waals surface area contributed by atoms with Gasteiger partial charge in [0.1, 0.15) is 0 Å². The quantitative estimate of drug-likeness (QED) is 0.505. The van der Waals surface area contributed by atoms with E-state index in [0.29, 0.717) is 5.92 Å². The Morgan fingerprint density at radius 1 is 1.25 bits per heavy atom. The fourth-order valence-corrected chi connectivity index (χ4v) is 1.34. The van der Waals surface area contributed by atoms with Gasteiger partial charge in [-0.15, -0.1) is 0 Å². The normalized spacial score (nSPS) is 47.6. The van der Waals surface area contributed by atoms with Crippen molar-refractivity contribution >= 4 is 0 Å². The van der Waals surface area contributed by atoms with Crippen LogP contribution in [0, 0.1) is 11.8 Å². The van der Waals surface area contributed by atoms with Crippen molar-refractivity contribution < 1.29 is 5.11 Å². The molecular weight excluding hydrogens is 100 g/mol. The van der Waals surface area contributed by atoms with E-state index >= 15 is 0 Å². The second-order valence-corrected chi connectivity index (χ2v) is 2.98. The van der Waals surface area contributed by atoms with Crippen LogP contribution >= 0.6 is 0 Å². The highest BCUT2D eigenvalue weighted by molar-refractivity contribution is 4.78. The minimum absolute atomic E-state index is 0.00926. The monoisotopic (exact) mass is 114 g/mol. The highest BCUT2D eigenvalue weighted by atomic mass is 16.3. The van der Waals surface area contributed by atoms with E-state index in [-0.39, 0.29) is 6.10 Å². The van der Waals surface area contributed by atoms with Crippen molar-refractivity contribution in [1.82, 2.24) is 0 Å². The van der Waals surface area contributed by atoms with Crippen LogP contribution in [0.4, 0.5) is 0 Å². The lowest BCUT2D eigenvalue weighted by atomic mass is 10.00. The Hall–Kier alpha value is -0.0400. The largest absolute Gasteiger partial charge is 0.393 e. The number of aliphatic hydroxyl groups excluding tert-OH is 1. The van der Waals surface area contributed by atoms with Gasteiger partial charge >= 0.3 is 0 Å². The minimum atomic E-state index is -0.00926. The summed E-state index contributed by atoms with van der Waals surface area (Å²) >= 11 is 0. The third-order valence-electron chi connectivity index (χ3n) is 2.42. The van der Waals surface area contributed by atoms with Crippen LogP contribution < -0.4 is 0 Å². The molecule has 1 saturated carbocycles. The molecule has 1 N–H and O–H groups in total. The summed E-state index contributed by atoms with van der Waals surface area (Å²) in [4.78, 5) is 0. The van der Waals surface area contributed by atoms with E-state index in [1.807, 2.05) is 0 Å².